The van der Waals surface area contributed by atoms with Crippen LogP contribution in [-0.2, 0) is 0 Å². The minimum atomic E-state index is 0.530. The average Bonchev–Trinajstić information content (AvgIpc) is 4.07. The van der Waals surface area contributed by atoms with Gasteiger partial charge in [-0.1, -0.05) is 194 Å². The zero-order valence-electron chi connectivity index (χ0n) is 37.3. The van der Waals surface area contributed by atoms with Crippen molar-refractivity contribution in [2.45, 2.75) is 0 Å². The van der Waals surface area contributed by atoms with E-state index in [0.29, 0.717) is 17.6 Å². The first-order valence-corrected chi connectivity index (χ1v) is 23.4. The van der Waals surface area contributed by atoms with Crippen LogP contribution in [0, 0.1) is 0 Å². The van der Waals surface area contributed by atoms with Crippen molar-refractivity contribution >= 4 is 65.4 Å². The molecule has 0 amide bonds. The first kappa shape index (κ1) is 38.8. The third-order valence-corrected chi connectivity index (χ3v) is 13.7. The first-order valence-electron chi connectivity index (χ1n) is 23.4. The second-order valence-corrected chi connectivity index (χ2v) is 17.6. The maximum absolute atomic E-state index is 5.55. The van der Waals surface area contributed by atoms with Gasteiger partial charge >= 0.3 is 0 Å². The summed E-state index contributed by atoms with van der Waals surface area (Å²) in [5.41, 5.74) is 14.9. The van der Waals surface area contributed by atoms with Crippen LogP contribution in [0.15, 0.2) is 243 Å². The van der Waals surface area contributed by atoms with Gasteiger partial charge in [0.15, 0.2) is 11.6 Å². The van der Waals surface area contributed by atoms with Crippen LogP contribution in [0.2, 0.25) is 0 Å². The molecule has 6 nitrogen and oxygen atoms in total. The van der Waals surface area contributed by atoms with Crippen molar-refractivity contribution in [3.05, 3.63) is 243 Å². The molecule has 0 fully saturated rings. The highest BCUT2D eigenvalue weighted by Crippen LogP contribution is 2.46. The standard InChI is InChI=1S/C63H40N6/c1-4-19-41(20-5-1)43-35-37-44(38-36-43)61-64-62(46-24-18-23-45(39-46)42-21-6-2-7-22-42)66-63(65-61)69-56-34-17-13-30-51(56)58-59-52(50-29-12-14-31-53(50)67(59)47-25-8-3-9-26-47)40-57(60(58)69)68-54-32-15-10-27-48(54)49-28-11-16-33-55(49)68/h1-40H. The van der Waals surface area contributed by atoms with Crippen molar-refractivity contribution in [2.24, 2.45) is 0 Å². The normalized spacial score (nSPS) is 11.8. The number of hydrogen-bond donors (Lipinski definition) is 0. The molecule has 0 aliphatic rings. The Morgan fingerprint density at radius 2 is 0.696 bits per heavy atom. The van der Waals surface area contributed by atoms with Crippen LogP contribution in [0.4, 0.5) is 0 Å². The summed E-state index contributed by atoms with van der Waals surface area (Å²) in [7, 11) is 0. The largest absolute Gasteiger partial charge is 0.309 e. The molecule has 0 N–H and O–H groups in total. The van der Waals surface area contributed by atoms with Crippen LogP contribution in [0.5, 0.6) is 0 Å². The van der Waals surface area contributed by atoms with E-state index in [-0.39, 0.29) is 0 Å². The second-order valence-electron chi connectivity index (χ2n) is 17.6. The molecule has 14 rings (SSSR count). The predicted octanol–water partition coefficient (Wildman–Crippen LogP) is 15.8. The van der Waals surface area contributed by atoms with Crippen molar-refractivity contribution in [3.63, 3.8) is 0 Å². The van der Waals surface area contributed by atoms with Crippen LogP contribution in [0.25, 0.3) is 128 Å². The molecule has 69 heavy (non-hydrogen) atoms. The van der Waals surface area contributed by atoms with Crippen molar-refractivity contribution in [3.8, 4) is 62.4 Å². The third-order valence-electron chi connectivity index (χ3n) is 13.7. The van der Waals surface area contributed by atoms with Crippen molar-refractivity contribution in [1.29, 1.82) is 0 Å². The van der Waals surface area contributed by atoms with E-state index < -0.39 is 0 Å². The molecule has 0 atom stereocenters. The molecule has 0 unspecified atom stereocenters. The van der Waals surface area contributed by atoms with E-state index in [1.165, 1.54) is 16.2 Å². The summed E-state index contributed by atoms with van der Waals surface area (Å²) in [6, 6.07) is 86.2. The molecule has 10 aromatic carbocycles. The molecular weight excluding hydrogens is 841 g/mol. The van der Waals surface area contributed by atoms with E-state index in [1.807, 2.05) is 12.1 Å². The molecule has 0 aliphatic heterocycles. The zero-order chi connectivity index (χ0) is 45.4. The Labute approximate surface area is 397 Å². The molecule has 4 aromatic heterocycles. The monoisotopic (exact) mass is 880 g/mol. The SMILES string of the molecule is c1ccc(-c2ccc(-c3nc(-c4cccc(-c5ccccc5)c4)nc(-n4c5ccccc5c5c4c(-n4c6ccccc6c6ccccc64)cc4c6ccccc6n(-c6ccccc6)c45)n3)cc2)cc1. The van der Waals surface area contributed by atoms with Crippen LogP contribution in [0.3, 0.4) is 0 Å². The van der Waals surface area contributed by atoms with Crippen LogP contribution in [-0.4, -0.2) is 28.7 Å². The Hall–Kier alpha value is -9.39. The molecule has 0 radical (unpaired) electrons. The van der Waals surface area contributed by atoms with Gasteiger partial charge in [-0.15, -0.1) is 0 Å². The summed E-state index contributed by atoms with van der Waals surface area (Å²) in [6.07, 6.45) is 0. The molecule has 322 valence electrons. The zero-order valence-corrected chi connectivity index (χ0v) is 37.3. The van der Waals surface area contributed by atoms with E-state index in [2.05, 4.69) is 244 Å². The molecular formula is C63H40N6. The summed E-state index contributed by atoms with van der Waals surface area (Å²) in [6.45, 7) is 0. The number of aromatic nitrogens is 6. The average molecular weight is 881 g/mol. The number of hydrogen-bond acceptors (Lipinski definition) is 3. The molecule has 0 saturated heterocycles. The van der Waals surface area contributed by atoms with E-state index in [1.54, 1.807) is 0 Å². The van der Waals surface area contributed by atoms with Gasteiger partial charge in [0.1, 0.15) is 0 Å². The molecule has 0 saturated carbocycles. The highest BCUT2D eigenvalue weighted by Gasteiger charge is 2.27. The van der Waals surface area contributed by atoms with Crippen molar-refractivity contribution in [2.75, 3.05) is 0 Å². The molecule has 4 heterocycles. The lowest BCUT2D eigenvalue weighted by Gasteiger charge is -2.16. The Balaban J connectivity index is 1.14. The van der Waals surface area contributed by atoms with Crippen LogP contribution < -0.4 is 0 Å². The van der Waals surface area contributed by atoms with E-state index in [9.17, 15) is 0 Å². The summed E-state index contributed by atoms with van der Waals surface area (Å²) in [5, 5.41) is 6.94. The van der Waals surface area contributed by atoms with Gasteiger partial charge in [-0.3, -0.25) is 4.57 Å². The molecule has 0 bridgehead atoms. The van der Waals surface area contributed by atoms with Gasteiger partial charge in [-0.25, -0.2) is 4.98 Å². The summed E-state index contributed by atoms with van der Waals surface area (Å²) >= 11 is 0. The second kappa shape index (κ2) is 15.6. The van der Waals surface area contributed by atoms with Gasteiger partial charge in [0.2, 0.25) is 5.95 Å². The number of para-hydroxylation sites is 5. The number of benzene rings is 10. The molecule has 6 heteroatoms. The summed E-state index contributed by atoms with van der Waals surface area (Å²) < 4.78 is 7.18. The first-order chi connectivity index (χ1) is 34.2. The topological polar surface area (TPSA) is 53.5 Å². The lowest BCUT2D eigenvalue weighted by atomic mass is 10.0. The number of nitrogens with zero attached hydrogens (tertiary/aromatic N) is 6. The maximum Gasteiger partial charge on any atom is 0.238 e. The van der Waals surface area contributed by atoms with Crippen LogP contribution >= 0.6 is 0 Å². The molecule has 14 aromatic rings. The molecule has 0 spiro atoms. The van der Waals surface area contributed by atoms with Gasteiger partial charge in [0.25, 0.3) is 0 Å². The van der Waals surface area contributed by atoms with Gasteiger partial charge in [-0.05, 0) is 70.8 Å². The minimum Gasteiger partial charge on any atom is -0.309 e. The smallest absolute Gasteiger partial charge is 0.238 e. The maximum atomic E-state index is 5.55. The fourth-order valence-electron chi connectivity index (χ4n) is 10.6. The minimum absolute atomic E-state index is 0.530. The quantitative estimate of drug-likeness (QED) is 0.160. The van der Waals surface area contributed by atoms with Crippen molar-refractivity contribution in [1.82, 2.24) is 28.7 Å². The van der Waals surface area contributed by atoms with E-state index in [4.69, 9.17) is 15.0 Å². The third kappa shape index (κ3) is 6.16. The van der Waals surface area contributed by atoms with Gasteiger partial charge < -0.3 is 9.13 Å². The lowest BCUT2D eigenvalue weighted by molar-refractivity contribution is 0.950. The Morgan fingerprint density at radius 1 is 0.261 bits per heavy atom. The predicted molar refractivity (Wildman–Crippen MR) is 285 cm³/mol. The van der Waals surface area contributed by atoms with Gasteiger partial charge in [0.05, 0.1) is 38.8 Å². The van der Waals surface area contributed by atoms with Gasteiger partial charge in [0, 0.05) is 49.1 Å². The Morgan fingerprint density at radius 3 is 1.32 bits per heavy atom. The number of fused-ring (bicyclic) bond motifs is 10. The summed E-state index contributed by atoms with van der Waals surface area (Å²) in [4.78, 5) is 16.4. The van der Waals surface area contributed by atoms with E-state index in [0.717, 1.165) is 94.0 Å². The highest BCUT2D eigenvalue weighted by molar-refractivity contribution is 6.28. The van der Waals surface area contributed by atoms with Crippen LogP contribution in [0.1, 0.15) is 0 Å². The van der Waals surface area contributed by atoms with Gasteiger partial charge in [-0.2, -0.15) is 9.97 Å². The Bertz CT molecular complexity index is 4230. The fourth-order valence-corrected chi connectivity index (χ4v) is 10.6. The van der Waals surface area contributed by atoms with Crippen molar-refractivity contribution < 1.29 is 0 Å². The fraction of sp³-hybridized carbons (Fsp3) is 0. The summed E-state index contributed by atoms with van der Waals surface area (Å²) in [5.74, 6) is 1.70. The van der Waals surface area contributed by atoms with E-state index >= 15 is 0 Å². The Kier molecular flexibility index (Phi) is 8.79. The highest BCUT2D eigenvalue weighted by atomic mass is 15.2. The lowest BCUT2D eigenvalue weighted by Crippen LogP contribution is -2.08. The number of rotatable bonds is 7. The molecule has 0 aliphatic carbocycles.